The Labute approximate surface area is 114 Å². The molecule has 0 aliphatic carbocycles. The predicted molar refractivity (Wildman–Crippen MR) is 74.7 cm³/mol. The van der Waals surface area contributed by atoms with Crippen molar-refractivity contribution in [1.82, 2.24) is 9.88 Å². The Bertz CT molecular complexity index is 457. The van der Waals surface area contributed by atoms with E-state index >= 15 is 0 Å². The van der Waals surface area contributed by atoms with E-state index in [0.29, 0.717) is 12.1 Å². The molecule has 0 fully saturated rings. The van der Waals surface area contributed by atoms with Crippen LogP contribution in [-0.2, 0) is 0 Å². The first-order valence-corrected chi connectivity index (χ1v) is 6.50. The summed E-state index contributed by atoms with van der Waals surface area (Å²) in [7, 11) is 1.79. The van der Waals surface area contributed by atoms with E-state index in [1.54, 1.807) is 30.3 Å². The van der Waals surface area contributed by atoms with Crippen LogP contribution in [0.5, 0.6) is 0 Å². The van der Waals surface area contributed by atoms with Crippen LogP contribution in [0.4, 0.5) is 0 Å². The second-order valence-electron chi connectivity index (χ2n) is 4.29. The van der Waals surface area contributed by atoms with E-state index in [2.05, 4.69) is 23.7 Å². The molecule has 1 amide bonds. The normalized spacial score (nSPS) is 9.63. The van der Waals surface area contributed by atoms with Crippen LogP contribution in [-0.4, -0.2) is 41.1 Å². The number of pyridine rings is 1. The van der Waals surface area contributed by atoms with Crippen LogP contribution in [0.1, 0.15) is 42.2 Å². The maximum absolute atomic E-state index is 12.0. The molecule has 1 rings (SSSR count). The number of aliphatic hydroxyl groups is 1. The molecule has 1 aromatic rings. The maximum atomic E-state index is 12.0. The smallest absolute Gasteiger partial charge is 0.272 e. The largest absolute Gasteiger partial charge is 0.395 e. The van der Waals surface area contributed by atoms with Gasteiger partial charge < -0.3 is 10.0 Å². The highest BCUT2D eigenvalue weighted by molar-refractivity contribution is 5.92. The Hall–Kier alpha value is -1.86. The van der Waals surface area contributed by atoms with E-state index in [1.165, 1.54) is 0 Å². The molecule has 1 N–H and O–H groups in total. The van der Waals surface area contributed by atoms with Crippen LogP contribution in [0.15, 0.2) is 18.3 Å². The van der Waals surface area contributed by atoms with Crippen molar-refractivity contribution in [2.24, 2.45) is 0 Å². The van der Waals surface area contributed by atoms with Gasteiger partial charge >= 0.3 is 0 Å². The first-order valence-electron chi connectivity index (χ1n) is 6.50. The predicted octanol–water partition coefficient (Wildman–Crippen LogP) is 1.69. The van der Waals surface area contributed by atoms with Crippen molar-refractivity contribution in [2.75, 3.05) is 20.2 Å². The number of carbonyl (C=O) groups excluding carboxylic acids is 1. The van der Waals surface area contributed by atoms with Gasteiger partial charge in [0.1, 0.15) is 5.69 Å². The van der Waals surface area contributed by atoms with Crippen LogP contribution in [0.2, 0.25) is 0 Å². The van der Waals surface area contributed by atoms with Crippen molar-refractivity contribution in [1.29, 1.82) is 0 Å². The van der Waals surface area contributed by atoms with E-state index in [1.807, 2.05) is 0 Å². The number of hydrogen-bond donors (Lipinski definition) is 1. The minimum absolute atomic E-state index is 0.0548. The van der Waals surface area contributed by atoms with Gasteiger partial charge in [0, 0.05) is 31.8 Å². The molecule has 0 saturated heterocycles. The average Bonchev–Trinajstić information content (AvgIpc) is 2.45. The molecule has 0 aliphatic heterocycles. The summed E-state index contributed by atoms with van der Waals surface area (Å²) >= 11 is 0. The Balaban J connectivity index is 2.65. The number of hydrogen-bond acceptors (Lipinski definition) is 3. The second kappa shape index (κ2) is 8.28. The fraction of sp³-hybridized carbons (Fsp3) is 0.467. The highest BCUT2D eigenvalue weighted by atomic mass is 16.2. The van der Waals surface area contributed by atoms with Crippen molar-refractivity contribution in [2.45, 2.75) is 26.2 Å². The van der Waals surface area contributed by atoms with Crippen LogP contribution in [0.25, 0.3) is 0 Å². The molecule has 1 aromatic heterocycles. The summed E-state index contributed by atoms with van der Waals surface area (Å²) in [5, 5.41) is 8.62. The summed E-state index contributed by atoms with van der Waals surface area (Å²) < 4.78 is 0. The minimum atomic E-state index is -0.0664. The summed E-state index contributed by atoms with van der Waals surface area (Å²) in [6, 6.07) is 3.46. The number of nitrogens with zero attached hydrogens (tertiary/aromatic N) is 2. The minimum Gasteiger partial charge on any atom is -0.395 e. The van der Waals surface area contributed by atoms with E-state index in [-0.39, 0.29) is 12.5 Å². The van der Waals surface area contributed by atoms with Gasteiger partial charge in [-0.25, -0.2) is 4.98 Å². The topological polar surface area (TPSA) is 53.4 Å². The number of unbranched alkanes of at least 4 members (excludes halogenated alkanes) is 1. The number of aromatic nitrogens is 1. The lowest BCUT2D eigenvalue weighted by Crippen LogP contribution is -2.28. The Morgan fingerprint density at radius 1 is 1.47 bits per heavy atom. The molecule has 102 valence electrons. The van der Waals surface area contributed by atoms with Gasteiger partial charge in [-0.15, -0.1) is 0 Å². The Kier molecular flexibility index (Phi) is 6.62. The summed E-state index contributed by atoms with van der Waals surface area (Å²) in [4.78, 5) is 17.8. The zero-order valence-corrected chi connectivity index (χ0v) is 11.5. The van der Waals surface area contributed by atoms with Gasteiger partial charge in [0.15, 0.2) is 0 Å². The molecular formula is C15H20N2O2. The number of carbonyl (C=O) groups is 1. The monoisotopic (exact) mass is 260 g/mol. The highest BCUT2D eigenvalue weighted by Crippen LogP contribution is 2.03. The van der Waals surface area contributed by atoms with Gasteiger partial charge in [-0.3, -0.25) is 4.79 Å². The molecule has 4 nitrogen and oxygen atoms in total. The molecule has 0 unspecified atom stereocenters. The molecule has 0 saturated carbocycles. The zero-order chi connectivity index (χ0) is 14.1. The van der Waals surface area contributed by atoms with E-state index in [0.717, 1.165) is 24.9 Å². The van der Waals surface area contributed by atoms with Crippen molar-refractivity contribution in [3.05, 3.63) is 29.6 Å². The fourth-order valence-corrected chi connectivity index (χ4v) is 1.51. The first-order chi connectivity index (χ1) is 9.19. The lowest BCUT2D eigenvalue weighted by atomic mass is 10.2. The average molecular weight is 260 g/mol. The first kappa shape index (κ1) is 15.2. The lowest BCUT2D eigenvalue weighted by molar-refractivity contribution is 0.0787. The molecule has 0 radical (unpaired) electrons. The van der Waals surface area contributed by atoms with Gasteiger partial charge in [0.25, 0.3) is 5.91 Å². The Morgan fingerprint density at radius 3 is 2.84 bits per heavy atom. The number of amides is 1. The van der Waals surface area contributed by atoms with Crippen molar-refractivity contribution >= 4 is 5.91 Å². The van der Waals surface area contributed by atoms with Crippen molar-refractivity contribution in [3.63, 3.8) is 0 Å². The van der Waals surface area contributed by atoms with Crippen LogP contribution >= 0.6 is 0 Å². The number of aliphatic hydroxyl groups excluding tert-OH is 1. The van der Waals surface area contributed by atoms with Crippen molar-refractivity contribution < 1.29 is 9.90 Å². The van der Waals surface area contributed by atoms with Crippen LogP contribution in [0.3, 0.4) is 0 Å². The highest BCUT2D eigenvalue weighted by Gasteiger charge is 2.11. The van der Waals surface area contributed by atoms with Gasteiger partial charge in [-0.1, -0.05) is 25.2 Å². The molecule has 19 heavy (non-hydrogen) atoms. The van der Waals surface area contributed by atoms with Gasteiger partial charge in [0.2, 0.25) is 0 Å². The molecule has 0 bridgehead atoms. The van der Waals surface area contributed by atoms with E-state index < -0.39 is 0 Å². The Morgan fingerprint density at radius 2 is 2.26 bits per heavy atom. The fourth-order valence-electron chi connectivity index (χ4n) is 1.51. The molecule has 1 heterocycles. The van der Waals surface area contributed by atoms with Gasteiger partial charge in [0.05, 0.1) is 6.61 Å². The molecule has 0 aromatic carbocycles. The van der Waals surface area contributed by atoms with Crippen molar-refractivity contribution in [3.8, 4) is 11.8 Å². The molecule has 4 heteroatoms. The summed E-state index contributed by atoms with van der Waals surface area (Å²) in [5.41, 5.74) is 1.19. The molecular weight excluding hydrogens is 240 g/mol. The zero-order valence-electron chi connectivity index (χ0n) is 11.5. The summed E-state index contributed by atoms with van der Waals surface area (Å²) in [6.07, 6.45) is 4.09. The third-order valence-corrected chi connectivity index (χ3v) is 2.65. The SMILES string of the molecule is CCCCN(C)C(=O)c1ccc(C#CCCO)cn1. The summed E-state index contributed by atoms with van der Waals surface area (Å²) in [5.74, 6) is 5.63. The molecule has 0 spiro atoms. The quantitative estimate of drug-likeness (QED) is 0.820. The van der Waals surface area contributed by atoms with E-state index in [4.69, 9.17) is 5.11 Å². The second-order valence-corrected chi connectivity index (χ2v) is 4.29. The lowest BCUT2D eigenvalue weighted by Gasteiger charge is -2.15. The van der Waals surface area contributed by atoms with Crippen LogP contribution < -0.4 is 0 Å². The standard InChI is InChI=1S/C15H20N2O2/c1-3-4-10-17(2)15(19)14-9-8-13(12-16-14)7-5-6-11-18/h8-9,12,18H,3-4,6,10-11H2,1-2H3. The third kappa shape index (κ3) is 5.11. The molecule has 0 aliphatic rings. The molecule has 0 atom stereocenters. The maximum Gasteiger partial charge on any atom is 0.272 e. The van der Waals surface area contributed by atoms with E-state index in [9.17, 15) is 4.79 Å². The summed E-state index contributed by atoms with van der Waals surface area (Å²) in [6.45, 7) is 2.89. The number of rotatable bonds is 5. The third-order valence-electron chi connectivity index (χ3n) is 2.65. The van der Waals surface area contributed by atoms with Crippen LogP contribution in [0, 0.1) is 11.8 Å². The van der Waals surface area contributed by atoms with Gasteiger partial charge in [-0.2, -0.15) is 0 Å². The van der Waals surface area contributed by atoms with Gasteiger partial charge in [-0.05, 0) is 18.6 Å².